The van der Waals surface area contributed by atoms with Crippen molar-refractivity contribution in [1.82, 2.24) is 4.90 Å². The molecule has 0 amide bonds. The van der Waals surface area contributed by atoms with Crippen LogP contribution in [-0.2, 0) is 19.5 Å². The van der Waals surface area contributed by atoms with E-state index in [1.54, 1.807) is 35.8 Å². The molecule has 0 radical (unpaired) electrons. The number of methoxy groups -OCH3 is 1. The highest BCUT2D eigenvalue weighted by Crippen LogP contribution is 2.38. The third kappa shape index (κ3) is 4.16. The van der Waals surface area contributed by atoms with Crippen molar-refractivity contribution in [2.24, 2.45) is 4.99 Å². The minimum atomic E-state index is 0.0902. The molecular formula is C23H21N3O2S. The van der Waals surface area contributed by atoms with E-state index >= 15 is 0 Å². The van der Waals surface area contributed by atoms with Crippen molar-refractivity contribution in [3.63, 3.8) is 0 Å². The molecule has 0 saturated carbocycles. The molecule has 0 bridgehead atoms. The van der Waals surface area contributed by atoms with Crippen LogP contribution in [0.3, 0.4) is 0 Å². The molecule has 6 heteroatoms. The van der Waals surface area contributed by atoms with Gasteiger partial charge in [0, 0.05) is 30.7 Å². The molecule has 1 aromatic heterocycles. The number of thiophene rings is 1. The second-order valence-corrected chi connectivity index (χ2v) is 8.02. The molecular weight excluding hydrogens is 382 g/mol. The van der Waals surface area contributed by atoms with Crippen LogP contribution in [0.25, 0.3) is 0 Å². The summed E-state index contributed by atoms with van der Waals surface area (Å²) in [6.07, 6.45) is 2.58. The summed E-state index contributed by atoms with van der Waals surface area (Å²) in [6, 6.07) is 17.9. The van der Waals surface area contributed by atoms with Gasteiger partial charge >= 0.3 is 0 Å². The fourth-order valence-corrected chi connectivity index (χ4v) is 4.72. The predicted octanol–water partition coefficient (Wildman–Crippen LogP) is 4.64. The van der Waals surface area contributed by atoms with Crippen LogP contribution in [0.5, 0.6) is 11.5 Å². The van der Waals surface area contributed by atoms with E-state index in [0.29, 0.717) is 11.3 Å². The van der Waals surface area contributed by atoms with Crippen LogP contribution >= 0.6 is 11.3 Å². The van der Waals surface area contributed by atoms with Crippen LogP contribution in [0, 0.1) is 11.3 Å². The van der Waals surface area contributed by atoms with Crippen molar-refractivity contribution < 1.29 is 9.84 Å². The van der Waals surface area contributed by atoms with Gasteiger partial charge in [0.25, 0.3) is 0 Å². The summed E-state index contributed by atoms with van der Waals surface area (Å²) >= 11 is 1.59. The van der Waals surface area contributed by atoms with Gasteiger partial charge in [-0.3, -0.25) is 4.90 Å². The Hall–Kier alpha value is -3.14. The zero-order chi connectivity index (χ0) is 20.2. The van der Waals surface area contributed by atoms with Crippen molar-refractivity contribution in [3.8, 4) is 17.6 Å². The van der Waals surface area contributed by atoms with E-state index in [2.05, 4.69) is 40.2 Å². The highest BCUT2D eigenvalue weighted by atomic mass is 32.1. The first-order valence-electron chi connectivity index (χ1n) is 9.40. The minimum absolute atomic E-state index is 0.0902. The molecule has 1 aliphatic rings. The van der Waals surface area contributed by atoms with E-state index in [1.807, 2.05) is 6.07 Å². The molecule has 0 spiro atoms. The second kappa shape index (κ2) is 8.48. The van der Waals surface area contributed by atoms with Gasteiger partial charge in [-0.25, -0.2) is 4.99 Å². The molecule has 4 rings (SSSR count). The summed E-state index contributed by atoms with van der Waals surface area (Å²) in [6.45, 7) is 2.68. The number of phenols is 1. The molecule has 0 fully saturated rings. The molecule has 146 valence electrons. The molecule has 0 unspecified atom stereocenters. The van der Waals surface area contributed by atoms with Crippen molar-refractivity contribution in [2.45, 2.75) is 19.5 Å². The monoisotopic (exact) mass is 403 g/mol. The Morgan fingerprint density at radius 1 is 1.28 bits per heavy atom. The standard InChI is InChI=1S/C23H21N3O2S/c1-28-21-11-17(7-8-20(21)27)13-25-23-19(12-24)18-9-10-26(15-22(18)29-23)14-16-5-3-2-4-6-16/h2-8,11,13,27H,9-10,14-15H2,1H3. The van der Waals surface area contributed by atoms with Crippen LogP contribution in [0.2, 0.25) is 0 Å². The molecule has 1 aliphatic heterocycles. The van der Waals surface area contributed by atoms with E-state index < -0.39 is 0 Å². The maximum atomic E-state index is 9.73. The molecule has 2 heterocycles. The molecule has 3 aromatic rings. The smallest absolute Gasteiger partial charge is 0.161 e. The molecule has 5 nitrogen and oxygen atoms in total. The number of nitrogens with zero attached hydrogens (tertiary/aromatic N) is 3. The number of aromatic hydroxyl groups is 1. The van der Waals surface area contributed by atoms with Crippen molar-refractivity contribution in [1.29, 1.82) is 5.26 Å². The number of ether oxygens (including phenoxy) is 1. The summed E-state index contributed by atoms with van der Waals surface area (Å²) < 4.78 is 5.14. The van der Waals surface area contributed by atoms with Gasteiger partial charge in [0.2, 0.25) is 0 Å². The predicted molar refractivity (Wildman–Crippen MR) is 115 cm³/mol. The van der Waals surface area contributed by atoms with Gasteiger partial charge in [0.05, 0.1) is 12.7 Å². The van der Waals surface area contributed by atoms with Crippen molar-refractivity contribution >= 4 is 22.6 Å². The molecule has 2 aromatic carbocycles. The Morgan fingerprint density at radius 2 is 2.10 bits per heavy atom. The average molecular weight is 404 g/mol. The molecule has 29 heavy (non-hydrogen) atoms. The Balaban J connectivity index is 1.55. The Kier molecular flexibility index (Phi) is 5.61. The van der Waals surface area contributed by atoms with E-state index in [4.69, 9.17) is 4.74 Å². The number of aliphatic imine (C=N–C) groups is 1. The topological polar surface area (TPSA) is 68.8 Å². The van der Waals surface area contributed by atoms with E-state index in [0.717, 1.165) is 42.2 Å². The van der Waals surface area contributed by atoms with Gasteiger partial charge in [-0.2, -0.15) is 5.26 Å². The van der Waals surface area contributed by atoms with Crippen LogP contribution < -0.4 is 4.74 Å². The number of benzene rings is 2. The number of hydrogen-bond acceptors (Lipinski definition) is 6. The summed E-state index contributed by atoms with van der Waals surface area (Å²) in [5.74, 6) is 0.490. The van der Waals surface area contributed by atoms with Crippen molar-refractivity contribution in [3.05, 3.63) is 75.7 Å². The lowest BCUT2D eigenvalue weighted by molar-refractivity contribution is 0.249. The van der Waals surface area contributed by atoms with Gasteiger partial charge in [0.1, 0.15) is 11.1 Å². The van der Waals surface area contributed by atoms with Crippen molar-refractivity contribution in [2.75, 3.05) is 13.7 Å². The minimum Gasteiger partial charge on any atom is -0.504 e. The normalized spacial score (nSPS) is 13.9. The van der Waals surface area contributed by atoms with E-state index in [-0.39, 0.29) is 5.75 Å². The summed E-state index contributed by atoms with van der Waals surface area (Å²) in [5.41, 5.74) is 3.93. The Labute approximate surface area is 174 Å². The number of rotatable bonds is 5. The number of phenolic OH excluding ortho intramolecular Hbond substituents is 1. The maximum Gasteiger partial charge on any atom is 0.161 e. The van der Waals surface area contributed by atoms with E-state index in [1.165, 1.54) is 17.6 Å². The lowest BCUT2D eigenvalue weighted by atomic mass is 10.0. The maximum absolute atomic E-state index is 9.73. The quantitative estimate of drug-likeness (QED) is 0.630. The zero-order valence-corrected chi connectivity index (χ0v) is 16.9. The first-order chi connectivity index (χ1) is 14.2. The lowest BCUT2D eigenvalue weighted by Gasteiger charge is -2.26. The molecule has 0 aliphatic carbocycles. The average Bonchev–Trinajstić information content (AvgIpc) is 3.10. The van der Waals surface area contributed by atoms with Gasteiger partial charge in [-0.15, -0.1) is 11.3 Å². The first kappa shape index (κ1) is 19.2. The molecule has 0 atom stereocenters. The third-order valence-electron chi connectivity index (χ3n) is 5.01. The van der Waals surface area contributed by atoms with Gasteiger partial charge < -0.3 is 9.84 Å². The van der Waals surface area contributed by atoms with Gasteiger partial charge in [-0.05, 0) is 41.3 Å². The largest absolute Gasteiger partial charge is 0.504 e. The highest BCUT2D eigenvalue weighted by Gasteiger charge is 2.24. The second-order valence-electron chi connectivity index (χ2n) is 6.93. The number of nitriles is 1. The van der Waals surface area contributed by atoms with E-state index in [9.17, 15) is 10.4 Å². The molecule has 1 N–H and O–H groups in total. The summed E-state index contributed by atoms with van der Waals surface area (Å²) in [7, 11) is 1.51. The van der Waals surface area contributed by atoms with Crippen LogP contribution in [-0.4, -0.2) is 29.9 Å². The Morgan fingerprint density at radius 3 is 2.86 bits per heavy atom. The Bertz CT molecular complexity index is 1080. The van der Waals surface area contributed by atoms with Crippen LogP contribution in [0.4, 0.5) is 5.00 Å². The fourth-order valence-electron chi connectivity index (χ4n) is 3.53. The first-order valence-corrected chi connectivity index (χ1v) is 10.2. The fraction of sp³-hybridized carbons (Fsp3) is 0.217. The van der Waals surface area contributed by atoms with Crippen LogP contribution in [0.15, 0.2) is 53.5 Å². The lowest BCUT2D eigenvalue weighted by Crippen LogP contribution is -2.29. The zero-order valence-electron chi connectivity index (χ0n) is 16.1. The van der Waals surface area contributed by atoms with Gasteiger partial charge in [0.15, 0.2) is 11.5 Å². The summed E-state index contributed by atoms with van der Waals surface area (Å²) in [4.78, 5) is 8.21. The number of hydrogen-bond donors (Lipinski definition) is 1. The highest BCUT2D eigenvalue weighted by molar-refractivity contribution is 7.16. The van der Waals surface area contributed by atoms with Crippen LogP contribution in [0.1, 0.15) is 27.1 Å². The molecule has 0 saturated heterocycles. The SMILES string of the molecule is COc1cc(C=Nc2sc3c(c2C#N)CCN(Cc2ccccc2)C3)ccc1O. The van der Waals surface area contributed by atoms with Gasteiger partial charge in [-0.1, -0.05) is 30.3 Å². The number of fused-ring (bicyclic) bond motifs is 1. The third-order valence-corrected chi connectivity index (χ3v) is 6.14. The summed E-state index contributed by atoms with van der Waals surface area (Å²) in [5, 5.41) is 20.2.